The van der Waals surface area contributed by atoms with Gasteiger partial charge in [-0.15, -0.1) is 0 Å². The molecular formula is C21H21ClN4O. The molecule has 0 amide bonds. The second-order valence-corrected chi connectivity index (χ2v) is 7.25. The van der Waals surface area contributed by atoms with Crippen LogP contribution >= 0.6 is 11.6 Å². The lowest BCUT2D eigenvalue weighted by atomic mass is 10.1. The molecule has 0 fully saturated rings. The van der Waals surface area contributed by atoms with Crippen LogP contribution in [-0.2, 0) is 19.5 Å². The smallest absolute Gasteiger partial charge is 0.220 e. The third-order valence-corrected chi connectivity index (χ3v) is 4.97. The SMILES string of the molecule is Cc1cc(Cl)ccc1Oc1ccc(CN2CCc3cnc(N)nc3C2)cc1. The number of fused-ring (bicyclic) bond motifs is 1. The van der Waals surface area contributed by atoms with Crippen LogP contribution in [0.3, 0.4) is 0 Å². The van der Waals surface area contributed by atoms with Gasteiger partial charge in [-0.3, -0.25) is 4.90 Å². The van der Waals surface area contributed by atoms with Gasteiger partial charge in [0.1, 0.15) is 11.5 Å². The number of benzene rings is 2. The van der Waals surface area contributed by atoms with Crippen molar-refractivity contribution in [1.29, 1.82) is 0 Å². The van der Waals surface area contributed by atoms with Crippen LogP contribution in [0.1, 0.15) is 22.4 Å². The summed E-state index contributed by atoms with van der Waals surface area (Å²) >= 11 is 6.00. The van der Waals surface area contributed by atoms with Gasteiger partial charge in [0, 0.05) is 30.9 Å². The molecule has 138 valence electrons. The molecule has 27 heavy (non-hydrogen) atoms. The van der Waals surface area contributed by atoms with E-state index in [1.54, 1.807) is 0 Å². The fourth-order valence-corrected chi connectivity index (χ4v) is 3.51. The summed E-state index contributed by atoms with van der Waals surface area (Å²) in [6.45, 7) is 4.64. The third kappa shape index (κ3) is 4.21. The van der Waals surface area contributed by atoms with Gasteiger partial charge in [-0.2, -0.15) is 0 Å². The van der Waals surface area contributed by atoms with Crippen LogP contribution in [0.4, 0.5) is 5.95 Å². The first-order chi connectivity index (χ1) is 13.1. The zero-order valence-electron chi connectivity index (χ0n) is 15.2. The molecule has 0 spiro atoms. The summed E-state index contributed by atoms with van der Waals surface area (Å²) in [4.78, 5) is 10.8. The standard InChI is InChI=1S/C21H21ClN4O/c1-14-10-17(22)4-7-20(14)27-18-5-2-15(3-6-18)12-26-9-8-16-11-24-21(23)25-19(16)13-26/h2-7,10-11H,8-9,12-13H2,1H3,(H2,23,24,25). The molecule has 0 aliphatic carbocycles. The molecule has 2 heterocycles. The fourth-order valence-electron chi connectivity index (χ4n) is 3.28. The molecule has 1 aliphatic heterocycles. The van der Waals surface area contributed by atoms with Crippen molar-refractivity contribution in [2.24, 2.45) is 0 Å². The Morgan fingerprint density at radius 3 is 2.78 bits per heavy atom. The molecule has 1 aromatic heterocycles. The zero-order valence-corrected chi connectivity index (χ0v) is 15.9. The van der Waals surface area contributed by atoms with E-state index in [1.807, 2.05) is 43.5 Å². The van der Waals surface area contributed by atoms with Gasteiger partial charge < -0.3 is 10.5 Å². The lowest BCUT2D eigenvalue weighted by molar-refractivity contribution is 0.241. The van der Waals surface area contributed by atoms with Crippen LogP contribution in [0.2, 0.25) is 5.02 Å². The molecule has 2 aromatic carbocycles. The van der Waals surface area contributed by atoms with E-state index in [0.29, 0.717) is 11.0 Å². The minimum atomic E-state index is 0.342. The number of nitrogens with zero attached hydrogens (tertiary/aromatic N) is 3. The Hall–Kier alpha value is -2.63. The first kappa shape index (κ1) is 17.8. The van der Waals surface area contributed by atoms with Crippen molar-refractivity contribution in [2.75, 3.05) is 12.3 Å². The maximum atomic E-state index is 6.00. The molecule has 2 N–H and O–H groups in total. The van der Waals surface area contributed by atoms with E-state index < -0.39 is 0 Å². The average Bonchev–Trinajstić information content (AvgIpc) is 2.65. The molecule has 0 saturated carbocycles. The first-order valence-electron chi connectivity index (χ1n) is 8.92. The quantitative estimate of drug-likeness (QED) is 0.728. The molecule has 3 aromatic rings. The van der Waals surface area contributed by atoms with Crippen molar-refractivity contribution < 1.29 is 4.74 Å². The summed E-state index contributed by atoms with van der Waals surface area (Å²) in [5, 5.41) is 0.713. The number of nitrogen functional groups attached to an aromatic ring is 1. The Labute approximate surface area is 163 Å². The summed E-state index contributed by atoms with van der Waals surface area (Å²) in [6.07, 6.45) is 2.80. The van der Waals surface area contributed by atoms with Gasteiger partial charge in [-0.1, -0.05) is 23.7 Å². The van der Waals surface area contributed by atoms with E-state index in [2.05, 4.69) is 27.0 Å². The highest BCUT2D eigenvalue weighted by Gasteiger charge is 2.18. The highest BCUT2D eigenvalue weighted by molar-refractivity contribution is 6.30. The number of anilines is 1. The van der Waals surface area contributed by atoms with E-state index in [9.17, 15) is 0 Å². The van der Waals surface area contributed by atoms with Gasteiger partial charge >= 0.3 is 0 Å². The monoisotopic (exact) mass is 380 g/mol. The lowest BCUT2D eigenvalue weighted by Gasteiger charge is -2.27. The molecule has 5 nitrogen and oxygen atoms in total. The molecular weight excluding hydrogens is 360 g/mol. The van der Waals surface area contributed by atoms with Gasteiger partial charge in [0.25, 0.3) is 0 Å². The summed E-state index contributed by atoms with van der Waals surface area (Å²) < 4.78 is 5.97. The van der Waals surface area contributed by atoms with Crippen molar-refractivity contribution in [1.82, 2.24) is 14.9 Å². The highest BCUT2D eigenvalue weighted by atomic mass is 35.5. The Morgan fingerprint density at radius 2 is 2.00 bits per heavy atom. The fraction of sp³-hybridized carbons (Fsp3) is 0.238. The van der Waals surface area contributed by atoms with Crippen molar-refractivity contribution in [3.05, 3.63) is 76.1 Å². The Balaban J connectivity index is 1.41. The molecule has 0 radical (unpaired) electrons. The number of rotatable bonds is 4. The number of hydrogen-bond donors (Lipinski definition) is 1. The van der Waals surface area contributed by atoms with Crippen molar-refractivity contribution in [3.8, 4) is 11.5 Å². The molecule has 1 aliphatic rings. The van der Waals surface area contributed by atoms with Crippen molar-refractivity contribution in [3.63, 3.8) is 0 Å². The van der Waals surface area contributed by atoms with Crippen LogP contribution in [0.15, 0.2) is 48.7 Å². The second kappa shape index (κ2) is 7.55. The maximum Gasteiger partial charge on any atom is 0.220 e. The van der Waals surface area contributed by atoms with Crippen molar-refractivity contribution in [2.45, 2.75) is 26.4 Å². The highest BCUT2D eigenvalue weighted by Crippen LogP contribution is 2.28. The van der Waals surface area contributed by atoms with E-state index in [1.165, 1.54) is 11.1 Å². The number of halogens is 1. The van der Waals surface area contributed by atoms with E-state index in [-0.39, 0.29) is 0 Å². The topological polar surface area (TPSA) is 64.3 Å². The number of ether oxygens (including phenoxy) is 1. The van der Waals surface area contributed by atoms with Crippen LogP contribution < -0.4 is 10.5 Å². The predicted molar refractivity (Wildman–Crippen MR) is 107 cm³/mol. The summed E-state index contributed by atoms with van der Waals surface area (Å²) in [5.74, 6) is 1.97. The molecule has 0 saturated heterocycles. The molecule has 4 rings (SSSR count). The van der Waals surface area contributed by atoms with E-state index in [0.717, 1.165) is 48.8 Å². The number of hydrogen-bond acceptors (Lipinski definition) is 5. The van der Waals surface area contributed by atoms with Crippen LogP contribution in [0.5, 0.6) is 11.5 Å². The normalized spacial score (nSPS) is 14.0. The number of aromatic nitrogens is 2. The zero-order chi connectivity index (χ0) is 18.8. The Kier molecular flexibility index (Phi) is 4.97. The van der Waals surface area contributed by atoms with Gasteiger partial charge in [-0.25, -0.2) is 9.97 Å². The summed E-state index contributed by atoms with van der Waals surface area (Å²) in [7, 11) is 0. The Bertz CT molecular complexity index is 959. The second-order valence-electron chi connectivity index (χ2n) is 6.82. The predicted octanol–water partition coefficient (Wildman–Crippen LogP) is 4.37. The van der Waals surface area contributed by atoms with Gasteiger partial charge in [0.15, 0.2) is 0 Å². The first-order valence-corrected chi connectivity index (χ1v) is 9.30. The minimum Gasteiger partial charge on any atom is -0.457 e. The van der Waals surface area contributed by atoms with Crippen LogP contribution in [0, 0.1) is 6.92 Å². The van der Waals surface area contributed by atoms with Crippen LogP contribution in [0.25, 0.3) is 0 Å². The average molecular weight is 381 g/mol. The third-order valence-electron chi connectivity index (χ3n) is 4.74. The van der Waals surface area contributed by atoms with E-state index in [4.69, 9.17) is 22.1 Å². The van der Waals surface area contributed by atoms with Crippen LogP contribution in [-0.4, -0.2) is 21.4 Å². The summed E-state index contributed by atoms with van der Waals surface area (Å²) in [6, 6.07) is 13.8. The molecule has 0 atom stereocenters. The van der Waals surface area contributed by atoms with Gasteiger partial charge in [0.2, 0.25) is 5.95 Å². The van der Waals surface area contributed by atoms with E-state index >= 15 is 0 Å². The van der Waals surface area contributed by atoms with Gasteiger partial charge in [-0.05, 0) is 60.4 Å². The maximum absolute atomic E-state index is 6.00. The largest absolute Gasteiger partial charge is 0.457 e. The van der Waals surface area contributed by atoms with Gasteiger partial charge in [0.05, 0.1) is 5.69 Å². The number of aryl methyl sites for hydroxylation is 1. The molecule has 0 bridgehead atoms. The van der Waals surface area contributed by atoms with Crippen molar-refractivity contribution >= 4 is 17.5 Å². The Morgan fingerprint density at radius 1 is 1.19 bits per heavy atom. The lowest BCUT2D eigenvalue weighted by Crippen LogP contribution is -2.31. The summed E-state index contributed by atoms with van der Waals surface area (Å²) in [5.41, 5.74) is 10.2. The molecule has 0 unspecified atom stereocenters. The minimum absolute atomic E-state index is 0.342. The molecule has 6 heteroatoms. The number of nitrogens with two attached hydrogens (primary N) is 1.